The summed E-state index contributed by atoms with van der Waals surface area (Å²) in [7, 11) is 0. The van der Waals surface area contributed by atoms with Crippen molar-refractivity contribution in [2.24, 2.45) is 16.4 Å². The molecular formula is C18H27N3O2. The summed E-state index contributed by atoms with van der Waals surface area (Å²) in [6.07, 6.45) is 8.59. The molecule has 1 heterocycles. The van der Waals surface area contributed by atoms with Gasteiger partial charge in [0.1, 0.15) is 6.54 Å². The van der Waals surface area contributed by atoms with Gasteiger partial charge in [0, 0.05) is 17.3 Å². The normalized spacial score (nSPS) is 17.1. The molecule has 5 heteroatoms. The van der Waals surface area contributed by atoms with E-state index in [2.05, 4.69) is 23.9 Å². The van der Waals surface area contributed by atoms with Crippen LogP contribution in [0.4, 0.5) is 0 Å². The first-order valence-corrected chi connectivity index (χ1v) is 8.39. The van der Waals surface area contributed by atoms with Crippen LogP contribution in [0.5, 0.6) is 0 Å². The lowest BCUT2D eigenvalue weighted by Crippen LogP contribution is -2.35. The summed E-state index contributed by atoms with van der Waals surface area (Å²) < 4.78 is 0. The highest BCUT2D eigenvalue weighted by atomic mass is 16.2. The van der Waals surface area contributed by atoms with Crippen molar-refractivity contribution in [3.05, 3.63) is 24.0 Å². The van der Waals surface area contributed by atoms with Crippen LogP contribution in [0.25, 0.3) is 0 Å². The zero-order valence-electron chi connectivity index (χ0n) is 14.3. The molecule has 1 amide bonds. The van der Waals surface area contributed by atoms with Crippen LogP contribution in [0.3, 0.4) is 0 Å². The van der Waals surface area contributed by atoms with Crippen molar-refractivity contribution in [1.82, 2.24) is 9.99 Å². The van der Waals surface area contributed by atoms with Crippen molar-refractivity contribution >= 4 is 17.9 Å². The molecule has 1 aliphatic rings. The van der Waals surface area contributed by atoms with Gasteiger partial charge in [-0.2, -0.15) is 5.10 Å². The minimum absolute atomic E-state index is 0.0396. The zero-order chi connectivity index (χ0) is 16.9. The van der Waals surface area contributed by atoms with Gasteiger partial charge in [-0.05, 0) is 37.8 Å². The highest BCUT2D eigenvalue weighted by molar-refractivity contribution is 5.97. The average molecular weight is 317 g/mol. The SMILES string of the molecule is C/C(=N/N(C=O)CC(=O)c1ccc[nH]1)C(C)(C)C1CCCCC1. The van der Waals surface area contributed by atoms with Crippen LogP contribution >= 0.6 is 0 Å². The van der Waals surface area contributed by atoms with Gasteiger partial charge in [-0.15, -0.1) is 0 Å². The third kappa shape index (κ3) is 4.30. The van der Waals surface area contributed by atoms with Gasteiger partial charge < -0.3 is 4.98 Å². The molecule has 0 aliphatic heterocycles. The van der Waals surface area contributed by atoms with E-state index < -0.39 is 0 Å². The van der Waals surface area contributed by atoms with Crippen LogP contribution in [-0.2, 0) is 4.79 Å². The second-order valence-electron chi connectivity index (χ2n) is 6.95. The van der Waals surface area contributed by atoms with Crippen LogP contribution in [0.2, 0.25) is 0 Å². The summed E-state index contributed by atoms with van der Waals surface area (Å²) in [5.74, 6) is 0.446. The van der Waals surface area contributed by atoms with Gasteiger partial charge in [0.15, 0.2) is 5.78 Å². The first kappa shape index (κ1) is 17.4. The Morgan fingerprint density at radius 2 is 2.09 bits per heavy atom. The summed E-state index contributed by atoms with van der Waals surface area (Å²) >= 11 is 0. The molecule has 1 fully saturated rings. The third-order valence-corrected chi connectivity index (χ3v) is 5.16. The summed E-state index contributed by atoms with van der Waals surface area (Å²) in [5, 5.41) is 5.65. The number of carbonyl (C=O) groups excluding carboxylic acids is 2. The molecule has 1 N–H and O–H groups in total. The number of nitrogens with one attached hydrogen (secondary N) is 1. The fourth-order valence-corrected chi connectivity index (χ4v) is 3.27. The highest BCUT2D eigenvalue weighted by Gasteiger charge is 2.33. The molecule has 1 aromatic heterocycles. The molecule has 1 aliphatic carbocycles. The van der Waals surface area contributed by atoms with E-state index in [0.717, 1.165) is 5.71 Å². The number of hydrogen-bond acceptors (Lipinski definition) is 3. The molecule has 0 unspecified atom stereocenters. The lowest BCUT2D eigenvalue weighted by atomic mass is 9.69. The number of Topliss-reactive ketones (excluding diaryl/α,β-unsaturated/α-hetero) is 1. The summed E-state index contributed by atoms with van der Waals surface area (Å²) in [6, 6.07) is 3.47. The zero-order valence-corrected chi connectivity index (χ0v) is 14.3. The quantitative estimate of drug-likeness (QED) is 0.361. The van der Waals surface area contributed by atoms with E-state index in [1.165, 1.54) is 37.1 Å². The summed E-state index contributed by atoms with van der Waals surface area (Å²) in [5.41, 5.74) is 1.35. The van der Waals surface area contributed by atoms with Crippen LogP contribution in [0, 0.1) is 11.3 Å². The fourth-order valence-electron chi connectivity index (χ4n) is 3.27. The largest absolute Gasteiger partial charge is 0.359 e. The van der Waals surface area contributed by atoms with Crippen molar-refractivity contribution in [2.45, 2.75) is 52.9 Å². The molecular weight excluding hydrogens is 290 g/mol. The summed E-state index contributed by atoms with van der Waals surface area (Å²) in [6.45, 7) is 6.31. The molecule has 0 saturated heterocycles. The van der Waals surface area contributed by atoms with E-state index in [1.54, 1.807) is 18.3 Å². The van der Waals surface area contributed by atoms with Crippen molar-refractivity contribution in [3.8, 4) is 0 Å². The second kappa shape index (κ2) is 7.57. The van der Waals surface area contributed by atoms with Gasteiger partial charge >= 0.3 is 0 Å². The molecule has 0 spiro atoms. The molecule has 2 rings (SSSR count). The molecule has 1 saturated carbocycles. The molecule has 0 bridgehead atoms. The van der Waals surface area contributed by atoms with Crippen LogP contribution in [0.1, 0.15) is 63.4 Å². The number of aromatic amines is 1. The van der Waals surface area contributed by atoms with Gasteiger partial charge in [-0.1, -0.05) is 33.1 Å². The maximum Gasteiger partial charge on any atom is 0.230 e. The van der Waals surface area contributed by atoms with E-state index in [1.807, 2.05) is 6.92 Å². The van der Waals surface area contributed by atoms with Gasteiger partial charge in [0.25, 0.3) is 0 Å². The third-order valence-electron chi connectivity index (χ3n) is 5.16. The summed E-state index contributed by atoms with van der Waals surface area (Å²) in [4.78, 5) is 26.3. The number of hydrogen-bond donors (Lipinski definition) is 1. The van der Waals surface area contributed by atoms with Gasteiger partial charge in [0.05, 0.1) is 5.69 Å². The highest BCUT2D eigenvalue weighted by Crippen LogP contribution is 2.39. The van der Waals surface area contributed by atoms with E-state index in [4.69, 9.17) is 0 Å². The minimum atomic E-state index is -0.144. The number of carbonyl (C=O) groups is 2. The number of ketones is 1. The Labute approximate surface area is 138 Å². The predicted molar refractivity (Wildman–Crippen MR) is 91.4 cm³/mol. The smallest absolute Gasteiger partial charge is 0.230 e. The van der Waals surface area contributed by atoms with Crippen molar-refractivity contribution in [3.63, 3.8) is 0 Å². The monoisotopic (exact) mass is 317 g/mol. The van der Waals surface area contributed by atoms with Crippen molar-refractivity contribution in [2.75, 3.05) is 6.54 Å². The fraction of sp³-hybridized carbons (Fsp3) is 0.611. The maximum absolute atomic E-state index is 12.1. The predicted octanol–water partition coefficient (Wildman–Crippen LogP) is 3.64. The Morgan fingerprint density at radius 1 is 1.39 bits per heavy atom. The Kier molecular flexibility index (Phi) is 5.74. The number of aromatic nitrogens is 1. The second-order valence-corrected chi connectivity index (χ2v) is 6.95. The van der Waals surface area contributed by atoms with Crippen LogP contribution in [0.15, 0.2) is 23.4 Å². The first-order valence-electron chi connectivity index (χ1n) is 8.39. The van der Waals surface area contributed by atoms with Crippen LogP contribution < -0.4 is 0 Å². The Morgan fingerprint density at radius 3 is 2.65 bits per heavy atom. The lowest BCUT2D eigenvalue weighted by Gasteiger charge is -2.37. The lowest BCUT2D eigenvalue weighted by molar-refractivity contribution is -0.117. The van der Waals surface area contributed by atoms with Gasteiger partial charge in [0.2, 0.25) is 6.41 Å². The van der Waals surface area contributed by atoms with Crippen LogP contribution in [-0.4, -0.2) is 34.4 Å². The van der Waals surface area contributed by atoms with Crippen molar-refractivity contribution < 1.29 is 9.59 Å². The Bertz CT molecular complexity index is 555. The Hall–Kier alpha value is -1.91. The van der Waals surface area contributed by atoms with E-state index in [0.29, 0.717) is 18.0 Å². The van der Waals surface area contributed by atoms with E-state index >= 15 is 0 Å². The van der Waals surface area contributed by atoms with Crippen molar-refractivity contribution in [1.29, 1.82) is 0 Å². The molecule has 5 nitrogen and oxygen atoms in total. The molecule has 0 atom stereocenters. The first-order chi connectivity index (χ1) is 10.9. The number of rotatable bonds is 7. The number of hydrazone groups is 1. The standard InChI is InChI=1S/C18H27N3O2/c1-14(18(2,3)15-8-5-4-6-9-15)20-21(13-22)12-17(23)16-10-7-11-19-16/h7,10-11,13,15,19H,4-6,8-9,12H2,1-3H3/b20-14-. The molecule has 0 aromatic carbocycles. The number of H-pyrrole nitrogens is 1. The molecule has 126 valence electrons. The molecule has 1 aromatic rings. The van der Waals surface area contributed by atoms with E-state index in [-0.39, 0.29) is 17.7 Å². The Balaban J connectivity index is 2.06. The van der Waals surface area contributed by atoms with Gasteiger partial charge in [-0.3, -0.25) is 9.59 Å². The molecule has 23 heavy (non-hydrogen) atoms. The van der Waals surface area contributed by atoms with Gasteiger partial charge in [-0.25, -0.2) is 5.01 Å². The van der Waals surface area contributed by atoms with E-state index in [9.17, 15) is 9.59 Å². The number of nitrogens with zero attached hydrogens (tertiary/aromatic N) is 2. The topological polar surface area (TPSA) is 65.5 Å². The molecule has 0 radical (unpaired) electrons. The maximum atomic E-state index is 12.1. The average Bonchev–Trinajstić information content (AvgIpc) is 3.09. The minimum Gasteiger partial charge on any atom is -0.359 e. The number of amides is 1.